The van der Waals surface area contributed by atoms with Gasteiger partial charge < -0.3 is 9.47 Å². The highest BCUT2D eigenvalue weighted by Crippen LogP contribution is 2.21. The lowest BCUT2D eigenvalue weighted by atomic mass is 10.2. The first-order chi connectivity index (χ1) is 6.40. The van der Waals surface area contributed by atoms with Gasteiger partial charge in [-0.05, 0) is 12.1 Å². The summed E-state index contributed by atoms with van der Waals surface area (Å²) in [6.45, 7) is 1.16. The van der Waals surface area contributed by atoms with Crippen LogP contribution in [0.3, 0.4) is 0 Å². The van der Waals surface area contributed by atoms with Crippen LogP contribution >= 0.6 is 0 Å². The molecule has 0 bridgehead atoms. The van der Waals surface area contributed by atoms with Crippen molar-refractivity contribution in [1.82, 2.24) is 4.98 Å². The zero-order chi connectivity index (χ0) is 9.10. The van der Waals surface area contributed by atoms with E-state index in [9.17, 15) is 4.79 Å². The fourth-order valence-electron chi connectivity index (χ4n) is 1.20. The normalized spacial score (nSPS) is 17.5. The molecule has 2 heterocycles. The molecule has 1 saturated heterocycles. The van der Waals surface area contributed by atoms with Gasteiger partial charge in [-0.15, -0.1) is 0 Å². The van der Waals surface area contributed by atoms with Gasteiger partial charge in [-0.3, -0.25) is 9.78 Å². The van der Waals surface area contributed by atoms with E-state index in [0.29, 0.717) is 24.5 Å². The second-order valence-corrected chi connectivity index (χ2v) is 2.71. The first-order valence-corrected chi connectivity index (χ1v) is 4.04. The van der Waals surface area contributed by atoms with Crippen molar-refractivity contribution in [3.63, 3.8) is 0 Å². The third-order valence-electron chi connectivity index (χ3n) is 1.80. The van der Waals surface area contributed by atoms with Gasteiger partial charge in [0.2, 0.25) is 6.29 Å². The first-order valence-electron chi connectivity index (χ1n) is 4.04. The Hall–Kier alpha value is -1.26. The molecule has 1 fully saturated rings. The van der Waals surface area contributed by atoms with Crippen LogP contribution < -0.4 is 0 Å². The molecule has 1 aromatic rings. The molecule has 0 unspecified atom stereocenters. The van der Waals surface area contributed by atoms with Gasteiger partial charge in [0.1, 0.15) is 6.29 Å². The van der Waals surface area contributed by atoms with Gasteiger partial charge >= 0.3 is 0 Å². The van der Waals surface area contributed by atoms with Crippen molar-refractivity contribution in [2.75, 3.05) is 13.2 Å². The van der Waals surface area contributed by atoms with Crippen LogP contribution in [-0.2, 0) is 9.47 Å². The molecule has 0 aromatic carbocycles. The van der Waals surface area contributed by atoms with Crippen LogP contribution in [0, 0.1) is 0 Å². The Bertz CT molecular complexity index is 307. The molecule has 68 valence electrons. The summed E-state index contributed by atoms with van der Waals surface area (Å²) in [5.41, 5.74) is 1.24. The average molecular weight is 179 g/mol. The van der Waals surface area contributed by atoms with E-state index in [4.69, 9.17) is 9.47 Å². The third-order valence-corrected chi connectivity index (χ3v) is 1.80. The average Bonchev–Trinajstić information content (AvgIpc) is 2.71. The molecular formula is C9H9NO3. The Morgan fingerprint density at radius 2 is 2.23 bits per heavy atom. The van der Waals surface area contributed by atoms with Crippen molar-refractivity contribution in [3.05, 3.63) is 29.6 Å². The number of aromatic nitrogens is 1. The summed E-state index contributed by atoms with van der Waals surface area (Å²) in [6, 6.07) is 3.31. The summed E-state index contributed by atoms with van der Waals surface area (Å²) in [4.78, 5) is 14.5. The van der Waals surface area contributed by atoms with E-state index in [1.165, 1.54) is 0 Å². The van der Waals surface area contributed by atoms with Crippen LogP contribution in [-0.4, -0.2) is 24.5 Å². The highest BCUT2D eigenvalue weighted by molar-refractivity contribution is 5.74. The monoisotopic (exact) mass is 179 g/mol. The van der Waals surface area contributed by atoms with E-state index in [1.54, 1.807) is 18.3 Å². The molecule has 0 spiro atoms. The number of carbonyl (C=O) groups excluding carboxylic acids is 1. The molecule has 2 rings (SSSR count). The maximum Gasteiger partial charge on any atom is 0.201 e. The van der Waals surface area contributed by atoms with Crippen LogP contribution in [0.15, 0.2) is 18.3 Å². The fraction of sp³-hybridized carbons (Fsp3) is 0.333. The SMILES string of the molecule is O=Cc1ccnc(C2OCCO2)c1. The van der Waals surface area contributed by atoms with Gasteiger partial charge in [-0.2, -0.15) is 0 Å². The minimum absolute atomic E-state index is 0.403. The number of aldehydes is 1. The Morgan fingerprint density at radius 3 is 2.92 bits per heavy atom. The first kappa shape index (κ1) is 8.34. The number of carbonyl (C=O) groups is 1. The molecule has 1 aliphatic rings. The lowest BCUT2D eigenvalue weighted by Gasteiger charge is -2.07. The highest BCUT2D eigenvalue weighted by Gasteiger charge is 2.19. The summed E-state index contributed by atoms with van der Waals surface area (Å²) in [5.74, 6) is 0. The molecule has 13 heavy (non-hydrogen) atoms. The summed E-state index contributed by atoms with van der Waals surface area (Å²) in [6.07, 6.45) is 1.95. The lowest BCUT2D eigenvalue weighted by molar-refractivity contribution is -0.0473. The zero-order valence-corrected chi connectivity index (χ0v) is 6.97. The largest absolute Gasteiger partial charge is 0.345 e. The molecule has 0 radical (unpaired) electrons. The number of ether oxygens (including phenoxy) is 2. The number of hydrogen-bond donors (Lipinski definition) is 0. The summed E-state index contributed by atoms with van der Waals surface area (Å²) < 4.78 is 10.5. The Balaban J connectivity index is 2.23. The number of nitrogens with zero attached hydrogens (tertiary/aromatic N) is 1. The Labute approximate surface area is 75.5 Å². The van der Waals surface area contributed by atoms with E-state index >= 15 is 0 Å². The molecule has 0 amide bonds. The number of rotatable bonds is 2. The van der Waals surface area contributed by atoms with Crippen molar-refractivity contribution in [3.8, 4) is 0 Å². The van der Waals surface area contributed by atoms with Crippen molar-refractivity contribution < 1.29 is 14.3 Å². The standard InChI is InChI=1S/C9H9NO3/c11-6-7-1-2-10-8(5-7)9-12-3-4-13-9/h1-2,5-6,9H,3-4H2. The van der Waals surface area contributed by atoms with Gasteiger partial charge in [-0.25, -0.2) is 0 Å². The van der Waals surface area contributed by atoms with E-state index in [0.717, 1.165) is 6.29 Å². The lowest BCUT2D eigenvalue weighted by Crippen LogP contribution is -2.01. The molecule has 4 heteroatoms. The zero-order valence-electron chi connectivity index (χ0n) is 6.97. The van der Waals surface area contributed by atoms with Crippen molar-refractivity contribution >= 4 is 6.29 Å². The van der Waals surface area contributed by atoms with E-state index < -0.39 is 6.29 Å². The topological polar surface area (TPSA) is 48.4 Å². The molecular weight excluding hydrogens is 170 g/mol. The highest BCUT2D eigenvalue weighted by atomic mass is 16.7. The number of pyridine rings is 1. The van der Waals surface area contributed by atoms with Crippen LogP contribution in [0.1, 0.15) is 22.3 Å². The second kappa shape index (κ2) is 3.64. The predicted molar refractivity (Wildman–Crippen MR) is 44.3 cm³/mol. The molecule has 0 atom stereocenters. The third kappa shape index (κ3) is 1.74. The minimum atomic E-state index is -0.403. The van der Waals surface area contributed by atoms with Gasteiger partial charge in [0.05, 0.1) is 18.9 Å². The maximum absolute atomic E-state index is 10.5. The Kier molecular flexibility index (Phi) is 2.33. The van der Waals surface area contributed by atoms with Crippen molar-refractivity contribution in [1.29, 1.82) is 0 Å². The minimum Gasteiger partial charge on any atom is -0.345 e. The van der Waals surface area contributed by atoms with Crippen LogP contribution in [0.5, 0.6) is 0 Å². The van der Waals surface area contributed by atoms with Crippen LogP contribution in [0.2, 0.25) is 0 Å². The molecule has 4 nitrogen and oxygen atoms in total. The summed E-state index contributed by atoms with van der Waals surface area (Å²) in [7, 11) is 0. The van der Waals surface area contributed by atoms with Gasteiger partial charge in [-0.1, -0.05) is 0 Å². The van der Waals surface area contributed by atoms with E-state index in [1.807, 2.05) is 0 Å². The molecule has 0 N–H and O–H groups in total. The molecule has 0 saturated carbocycles. The summed E-state index contributed by atoms with van der Waals surface area (Å²) >= 11 is 0. The van der Waals surface area contributed by atoms with Gasteiger partial charge in [0.15, 0.2) is 0 Å². The van der Waals surface area contributed by atoms with Gasteiger partial charge in [0.25, 0.3) is 0 Å². The molecule has 1 aromatic heterocycles. The van der Waals surface area contributed by atoms with Crippen LogP contribution in [0.4, 0.5) is 0 Å². The number of hydrogen-bond acceptors (Lipinski definition) is 4. The second-order valence-electron chi connectivity index (χ2n) is 2.71. The fourth-order valence-corrected chi connectivity index (χ4v) is 1.20. The van der Waals surface area contributed by atoms with Crippen molar-refractivity contribution in [2.24, 2.45) is 0 Å². The summed E-state index contributed by atoms with van der Waals surface area (Å²) in [5, 5.41) is 0. The molecule has 0 aliphatic carbocycles. The van der Waals surface area contributed by atoms with Crippen LogP contribution in [0.25, 0.3) is 0 Å². The Morgan fingerprint density at radius 1 is 1.46 bits per heavy atom. The molecule has 1 aliphatic heterocycles. The van der Waals surface area contributed by atoms with Gasteiger partial charge in [0, 0.05) is 11.8 Å². The maximum atomic E-state index is 10.5. The predicted octanol–water partition coefficient (Wildman–Crippen LogP) is 0.940. The van der Waals surface area contributed by atoms with Crippen molar-refractivity contribution in [2.45, 2.75) is 6.29 Å². The smallest absolute Gasteiger partial charge is 0.201 e. The van der Waals surface area contributed by atoms with E-state index in [-0.39, 0.29) is 0 Å². The van der Waals surface area contributed by atoms with E-state index in [2.05, 4.69) is 4.98 Å². The quantitative estimate of drug-likeness (QED) is 0.634.